The van der Waals surface area contributed by atoms with Crippen LogP contribution >= 0.6 is 0 Å². The lowest BCUT2D eigenvalue weighted by molar-refractivity contribution is -0.140. The molecular formula is C20H23FN2O3. The first-order chi connectivity index (χ1) is 12.6. The lowest BCUT2D eigenvalue weighted by atomic mass is 10.2. The first-order valence-corrected chi connectivity index (χ1v) is 8.83. The molecule has 2 aromatic rings. The summed E-state index contributed by atoms with van der Waals surface area (Å²) in [6.45, 7) is 3.35. The summed E-state index contributed by atoms with van der Waals surface area (Å²) in [4.78, 5) is 18.8. The molecule has 3 rings (SSSR count). The number of aromatic nitrogens is 1. The van der Waals surface area contributed by atoms with E-state index in [2.05, 4.69) is 4.98 Å². The predicted molar refractivity (Wildman–Crippen MR) is 95.1 cm³/mol. The van der Waals surface area contributed by atoms with Gasteiger partial charge < -0.3 is 14.4 Å². The molecule has 1 aromatic carbocycles. The minimum atomic E-state index is -0.727. The molecule has 26 heavy (non-hydrogen) atoms. The Morgan fingerprint density at radius 3 is 3.00 bits per heavy atom. The number of rotatable bonds is 7. The van der Waals surface area contributed by atoms with Gasteiger partial charge in [-0.1, -0.05) is 12.1 Å². The van der Waals surface area contributed by atoms with Crippen LogP contribution in [0.3, 0.4) is 0 Å². The molecule has 1 aliphatic heterocycles. The zero-order chi connectivity index (χ0) is 18.4. The zero-order valence-electron chi connectivity index (χ0n) is 14.8. The largest absolute Gasteiger partial charge is 0.481 e. The Balaban J connectivity index is 1.69. The molecule has 0 aliphatic carbocycles. The number of ether oxygens (including phenoxy) is 2. The van der Waals surface area contributed by atoms with Gasteiger partial charge in [-0.05, 0) is 43.5 Å². The Morgan fingerprint density at radius 1 is 1.42 bits per heavy atom. The second-order valence-corrected chi connectivity index (χ2v) is 6.43. The van der Waals surface area contributed by atoms with Crippen molar-refractivity contribution in [1.29, 1.82) is 0 Å². The van der Waals surface area contributed by atoms with Gasteiger partial charge in [0.15, 0.2) is 6.10 Å². The smallest absolute Gasteiger partial charge is 0.263 e. The number of amides is 1. The second-order valence-electron chi connectivity index (χ2n) is 6.43. The molecule has 0 spiro atoms. The van der Waals surface area contributed by atoms with E-state index < -0.39 is 11.9 Å². The quantitative estimate of drug-likeness (QED) is 0.763. The van der Waals surface area contributed by atoms with Gasteiger partial charge in [-0.2, -0.15) is 0 Å². The van der Waals surface area contributed by atoms with E-state index in [1.807, 2.05) is 12.1 Å². The molecular weight excluding hydrogens is 335 g/mol. The van der Waals surface area contributed by atoms with Crippen LogP contribution in [0, 0.1) is 5.82 Å². The number of pyridine rings is 1. The molecule has 0 unspecified atom stereocenters. The number of carbonyl (C=O) groups is 1. The van der Waals surface area contributed by atoms with E-state index in [1.165, 1.54) is 12.1 Å². The van der Waals surface area contributed by atoms with Crippen molar-refractivity contribution in [2.24, 2.45) is 0 Å². The fourth-order valence-electron chi connectivity index (χ4n) is 3.03. The van der Waals surface area contributed by atoms with Crippen LogP contribution < -0.4 is 4.74 Å². The van der Waals surface area contributed by atoms with Gasteiger partial charge in [-0.15, -0.1) is 0 Å². The van der Waals surface area contributed by atoms with Crippen molar-refractivity contribution >= 4 is 5.91 Å². The summed E-state index contributed by atoms with van der Waals surface area (Å²) >= 11 is 0. The predicted octanol–water partition coefficient (Wildman–Crippen LogP) is 3.20. The van der Waals surface area contributed by atoms with Gasteiger partial charge in [0.25, 0.3) is 5.91 Å². The van der Waals surface area contributed by atoms with Crippen LogP contribution in [0.4, 0.5) is 4.39 Å². The molecule has 0 radical (unpaired) electrons. The van der Waals surface area contributed by atoms with Gasteiger partial charge in [0.1, 0.15) is 11.6 Å². The zero-order valence-corrected chi connectivity index (χ0v) is 14.8. The number of carbonyl (C=O) groups excluding carboxylic acids is 1. The highest BCUT2D eigenvalue weighted by atomic mass is 19.1. The van der Waals surface area contributed by atoms with Gasteiger partial charge in [-0.3, -0.25) is 9.78 Å². The molecule has 6 heteroatoms. The summed E-state index contributed by atoms with van der Waals surface area (Å²) < 4.78 is 24.7. The molecule has 1 amide bonds. The first-order valence-electron chi connectivity index (χ1n) is 8.83. The van der Waals surface area contributed by atoms with Crippen LogP contribution in [-0.2, 0) is 16.1 Å². The molecule has 2 heterocycles. The van der Waals surface area contributed by atoms with E-state index in [-0.39, 0.29) is 12.0 Å². The number of hydrogen-bond acceptors (Lipinski definition) is 4. The van der Waals surface area contributed by atoms with E-state index in [0.717, 1.165) is 25.0 Å². The minimum Gasteiger partial charge on any atom is -0.481 e. The molecule has 1 fully saturated rings. The van der Waals surface area contributed by atoms with Crippen molar-refractivity contribution in [2.75, 3.05) is 13.2 Å². The van der Waals surface area contributed by atoms with E-state index in [0.29, 0.717) is 18.8 Å². The third-order valence-corrected chi connectivity index (χ3v) is 4.31. The third kappa shape index (κ3) is 5.02. The maximum Gasteiger partial charge on any atom is 0.263 e. The average molecular weight is 358 g/mol. The standard InChI is InChI=1S/C20H23FN2O3/c1-15(26-18-7-2-6-17(21)11-18)20(24)23(14-19-8-4-10-25-19)13-16-5-3-9-22-12-16/h2-3,5-7,9,11-12,15,19H,4,8,10,13-14H2,1H3/t15-,19+/m0/s1. The highest BCUT2D eigenvalue weighted by Crippen LogP contribution is 2.18. The van der Waals surface area contributed by atoms with Crippen molar-refractivity contribution in [2.45, 2.75) is 38.5 Å². The lowest BCUT2D eigenvalue weighted by Crippen LogP contribution is -2.43. The van der Waals surface area contributed by atoms with Crippen LogP contribution in [0.15, 0.2) is 48.8 Å². The fourth-order valence-corrected chi connectivity index (χ4v) is 3.03. The van der Waals surface area contributed by atoms with Crippen LogP contribution in [0.25, 0.3) is 0 Å². The number of benzene rings is 1. The maximum absolute atomic E-state index is 13.3. The molecule has 1 aromatic heterocycles. The normalized spacial score (nSPS) is 17.7. The number of hydrogen-bond donors (Lipinski definition) is 0. The molecule has 0 bridgehead atoms. The van der Waals surface area contributed by atoms with Gasteiger partial charge >= 0.3 is 0 Å². The Hall–Kier alpha value is -2.47. The van der Waals surface area contributed by atoms with E-state index in [1.54, 1.807) is 36.4 Å². The van der Waals surface area contributed by atoms with Crippen LogP contribution in [-0.4, -0.2) is 41.2 Å². The second kappa shape index (κ2) is 8.76. The van der Waals surface area contributed by atoms with Gasteiger partial charge in [-0.25, -0.2) is 4.39 Å². The highest BCUT2D eigenvalue weighted by molar-refractivity contribution is 5.81. The van der Waals surface area contributed by atoms with Crippen molar-refractivity contribution in [3.63, 3.8) is 0 Å². The monoisotopic (exact) mass is 358 g/mol. The van der Waals surface area contributed by atoms with Crippen molar-refractivity contribution in [3.8, 4) is 5.75 Å². The van der Waals surface area contributed by atoms with E-state index >= 15 is 0 Å². The lowest BCUT2D eigenvalue weighted by Gasteiger charge is -2.28. The summed E-state index contributed by atoms with van der Waals surface area (Å²) in [7, 11) is 0. The van der Waals surface area contributed by atoms with Crippen molar-refractivity contribution in [3.05, 3.63) is 60.2 Å². The van der Waals surface area contributed by atoms with E-state index in [9.17, 15) is 9.18 Å². The summed E-state index contributed by atoms with van der Waals surface area (Å²) in [6, 6.07) is 9.58. The molecule has 1 saturated heterocycles. The summed E-state index contributed by atoms with van der Waals surface area (Å²) in [5, 5.41) is 0. The Labute approximate surface area is 152 Å². The Morgan fingerprint density at radius 2 is 2.31 bits per heavy atom. The van der Waals surface area contributed by atoms with Gasteiger partial charge in [0, 0.05) is 38.2 Å². The molecule has 5 nitrogen and oxygen atoms in total. The Kier molecular flexibility index (Phi) is 6.17. The molecule has 138 valence electrons. The van der Waals surface area contributed by atoms with Crippen LogP contribution in [0.1, 0.15) is 25.3 Å². The van der Waals surface area contributed by atoms with E-state index in [4.69, 9.17) is 9.47 Å². The number of nitrogens with zero attached hydrogens (tertiary/aromatic N) is 2. The summed E-state index contributed by atoms with van der Waals surface area (Å²) in [5.41, 5.74) is 0.941. The average Bonchev–Trinajstić information content (AvgIpc) is 3.14. The minimum absolute atomic E-state index is 0.0389. The SMILES string of the molecule is C[C@H](Oc1cccc(F)c1)C(=O)N(Cc1cccnc1)C[C@H]1CCCO1. The van der Waals surface area contributed by atoms with Crippen LogP contribution in [0.5, 0.6) is 5.75 Å². The first kappa shape index (κ1) is 18.3. The molecule has 0 saturated carbocycles. The summed E-state index contributed by atoms with van der Waals surface area (Å²) in [5.74, 6) is -0.216. The van der Waals surface area contributed by atoms with Crippen molar-refractivity contribution < 1.29 is 18.7 Å². The topological polar surface area (TPSA) is 51.7 Å². The van der Waals surface area contributed by atoms with Crippen LogP contribution in [0.2, 0.25) is 0 Å². The van der Waals surface area contributed by atoms with Gasteiger partial charge in [0.2, 0.25) is 0 Å². The Bertz CT molecular complexity index is 720. The fraction of sp³-hybridized carbons (Fsp3) is 0.400. The molecule has 1 aliphatic rings. The third-order valence-electron chi connectivity index (χ3n) is 4.31. The maximum atomic E-state index is 13.3. The highest BCUT2D eigenvalue weighted by Gasteiger charge is 2.27. The molecule has 2 atom stereocenters. The van der Waals surface area contributed by atoms with Crippen molar-refractivity contribution in [1.82, 2.24) is 9.88 Å². The molecule has 0 N–H and O–H groups in total. The number of halogens is 1. The van der Waals surface area contributed by atoms with Gasteiger partial charge in [0.05, 0.1) is 6.10 Å². The summed E-state index contributed by atoms with van der Waals surface area (Å²) in [6.07, 6.45) is 4.70.